The first-order valence-electron chi connectivity index (χ1n) is 9.21. The van der Waals surface area contributed by atoms with Crippen LogP contribution in [0.15, 0.2) is 22.4 Å². The highest BCUT2D eigenvalue weighted by molar-refractivity contribution is 7.03. The van der Waals surface area contributed by atoms with Crippen LogP contribution in [0.25, 0.3) is 0 Å². The lowest BCUT2D eigenvalue weighted by Crippen LogP contribution is -2.47. The number of fused-ring (bicyclic) bond motifs is 1. The maximum Gasteiger partial charge on any atom is 0.267 e. The monoisotopic (exact) mass is 359 g/mol. The fraction of sp³-hybridized carbons (Fsp3) is 0.611. The van der Waals surface area contributed by atoms with Crippen molar-refractivity contribution in [3.05, 3.63) is 44.8 Å². The van der Waals surface area contributed by atoms with Gasteiger partial charge >= 0.3 is 0 Å². The molecule has 0 saturated carbocycles. The largest absolute Gasteiger partial charge is 0.299 e. The Hall–Kier alpha value is -1.57. The minimum absolute atomic E-state index is 0.0595. The summed E-state index contributed by atoms with van der Waals surface area (Å²) < 4.78 is 5.84. The standard InChI is InChI=1S/C18H25N5OS/c24-18-11-16-3-1-2-4-17(16)20-23(18)10-9-21-5-7-22(8-6-21)13-15-12-19-25-14-15/h11-12,14H,1-10,13H2. The Morgan fingerprint density at radius 1 is 1.04 bits per heavy atom. The third-order valence-corrected chi connectivity index (χ3v) is 5.89. The van der Waals surface area contributed by atoms with E-state index in [1.807, 2.05) is 12.3 Å². The molecular weight excluding hydrogens is 334 g/mol. The summed E-state index contributed by atoms with van der Waals surface area (Å²) in [5, 5.41) is 6.75. The molecule has 0 amide bonds. The Bertz CT molecular complexity index is 749. The zero-order valence-electron chi connectivity index (χ0n) is 14.6. The summed E-state index contributed by atoms with van der Waals surface area (Å²) in [5.74, 6) is 0. The molecule has 25 heavy (non-hydrogen) atoms. The third kappa shape index (κ3) is 4.16. The second-order valence-corrected chi connectivity index (χ2v) is 7.69. The lowest BCUT2D eigenvalue weighted by Gasteiger charge is -2.34. The van der Waals surface area contributed by atoms with Gasteiger partial charge < -0.3 is 0 Å². The van der Waals surface area contributed by atoms with Crippen molar-refractivity contribution in [3.8, 4) is 0 Å². The highest BCUT2D eigenvalue weighted by atomic mass is 32.1. The minimum Gasteiger partial charge on any atom is -0.299 e. The van der Waals surface area contributed by atoms with Crippen LogP contribution in [0.2, 0.25) is 0 Å². The molecule has 0 unspecified atom stereocenters. The van der Waals surface area contributed by atoms with Gasteiger partial charge in [0.05, 0.1) is 12.2 Å². The summed E-state index contributed by atoms with van der Waals surface area (Å²) in [7, 11) is 0. The fourth-order valence-electron chi connectivity index (χ4n) is 3.73. The molecule has 0 bridgehead atoms. The van der Waals surface area contributed by atoms with Crippen molar-refractivity contribution in [2.75, 3.05) is 32.7 Å². The molecule has 1 saturated heterocycles. The van der Waals surface area contributed by atoms with E-state index in [9.17, 15) is 4.79 Å². The highest BCUT2D eigenvalue weighted by Crippen LogP contribution is 2.17. The lowest BCUT2D eigenvalue weighted by atomic mass is 9.97. The normalized spacial score (nSPS) is 19.0. The average Bonchev–Trinajstić information content (AvgIpc) is 3.14. The fourth-order valence-corrected chi connectivity index (χ4v) is 4.26. The molecule has 2 aromatic heterocycles. The Morgan fingerprint density at radius 2 is 1.84 bits per heavy atom. The molecule has 2 aromatic rings. The van der Waals surface area contributed by atoms with Crippen LogP contribution >= 0.6 is 11.5 Å². The van der Waals surface area contributed by atoms with Crippen molar-refractivity contribution >= 4 is 11.5 Å². The summed E-state index contributed by atoms with van der Waals surface area (Å²) in [5.41, 5.74) is 3.68. The number of piperazine rings is 1. The van der Waals surface area contributed by atoms with Crippen LogP contribution < -0.4 is 5.56 Å². The van der Waals surface area contributed by atoms with E-state index in [0.717, 1.165) is 57.8 Å². The number of nitrogens with zero attached hydrogens (tertiary/aromatic N) is 5. The van der Waals surface area contributed by atoms with Crippen molar-refractivity contribution in [1.29, 1.82) is 0 Å². The van der Waals surface area contributed by atoms with Crippen molar-refractivity contribution in [3.63, 3.8) is 0 Å². The van der Waals surface area contributed by atoms with Gasteiger partial charge in [0.25, 0.3) is 5.56 Å². The second-order valence-electron chi connectivity index (χ2n) is 7.04. The summed E-state index contributed by atoms with van der Waals surface area (Å²) in [4.78, 5) is 17.2. The maximum absolute atomic E-state index is 12.3. The Labute approximate surface area is 152 Å². The van der Waals surface area contributed by atoms with Crippen LogP contribution in [0.5, 0.6) is 0 Å². The van der Waals surface area contributed by atoms with Gasteiger partial charge in [0.15, 0.2) is 0 Å². The highest BCUT2D eigenvalue weighted by Gasteiger charge is 2.18. The van der Waals surface area contributed by atoms with Gasteiger partial charge in [0, 0.05) is 56.9 Å². The molecule has 6 nitrogen and oxygen atoms in total. The van der Waals surface area contributed by atoms with E-state index in [0.29, 0.717) is 6.54 Å². The van der Waals surface area contributed by atoms with E-state index < -0.39 is 0 Å². The van der Waals surface area contributed by atoms with Crippen LogP contribution in [0.3, 0.4) is 0 Å². The van der Waals surface area contributed by atoms with Crippen molar-refractivity contribution in [2.24, 2.45) is 0 Å². The third-order valence-electron chi connectivity index (χ3n) is 5.26. The summed E-state index contributed by atoms with van der Waals surface area (Å²) in [6.07, 6.45) is 6.38. The Balaban J connectivity index is 1.29. The van der Waals surface area contributed by atoms with Crippen LogP contribution in [0, 0.1) is 0 Å². The summed E-state index contributed by atoms with van der Waals surface area (Å²) in [6, 6.07) is 1.81. The minimum atomic E-state index is 0.0595. The van der Waals surface area contributed by atoms with Crippen LogP contribution in [-0.2, 0) is 25.9 Å². The second kappa shape index (κ2) is 7.76. The van der Waals surface area contributed by atoms with Crippen LogP contribution in [-0.4, -0.2) is 56.7 Å². The van der Waals surface area contributed by atoms with Gasteiger partial charge in [-0.05, 0) is 48.3 Å². The van der Waals surface area contributed by atoms with E-state index in [-0.39, 0.29) is 5.56 Å². The average molecular weight is 359 g/mol. The molecule has 0 spiro atoms. The van der Waals surface area contributed by atoms with Gasteiger partial charge in [-0.1, -0.05) is 0 Å². The molecule has 134 valence electrons. The Kier molecular flexibility index (Phi) is 5.24. The van der Waals surface area contributed by atoms with E-state index in [1.54, 1.807) is 4.68 Å². The Morgan fingerprint density at radius 3 is 2.64 bits per heavy atom. The number of rotatable bonds is 5. The molecular formula is C18H25N5OS. The zero-order chi connectivity index (χ0) is 17.1. The molecule has 1 aliphatic carbocycles. The van der Waals surface area contributed by atoms with Crippen molar-refractivity contribution in [1.82, 2.24) is 24.0 Å². The first-order valence-corrected chi connectivity index (χ1v) is 10.0. The molecule has 1 aliphatic heterocycles. The summed E-state index contributed by atoms with van der Waals surface area (Å²) >= 11 is 1.52. The van der Waals surface area contributed by atoms with Gasteiger partial charge in [-0.2, -0.15) is 5.10 Å². The number of aromatic nitrogens is 3. The van der Waals surface area contributed by atoms with Crippen LogP contribution in [0.1, 0.15) is 29.7 Å². The van der Waals surface area contributed by atoms with Gasteiger partial charge in [-0.3, -0.25) is 14.6 Å². The number of hydrogen-bond acceptors (Lipinski definition) is 6. The van der Waals surface area contributed by atoms with E-state index >= 15 is 0 Å². The lowest BCUT2D eigenvalue weighted by molar-refractivity contribution is 0.122. The maximum atomic E-state index is 12.3. The molecule has 0 aromatic carbocycles. The predicted octanol–water partition coefficient (Wildman–Crippen LogP) is 1.40. The van der Waals surface area contributed by atoms with Crippen LogP contribution in [0.4, 0.5) is 0 Å². The molecule has 2 aliphatic rings. The van der Waals surface area contributed by atoms with Gasteiger partial charge in [0.1, 0.15) is 0 Å². The van der Waals surface area contributed by atoms with Gasteiger partial charge in [0.2, 0.25) is 0 Å². The quantitative estimate of drug-likeness (QED) is 0.808. The molecule has 3 heterocycles. The topological polar surface area (TPSA) is 54.3 Å². The summed E-state index contributed by atoms with van der Waals surface area (Å²) in [6.45, 7) is 6.84. The number of hydrogen-bond donors (Lipinski definition) is 0. The van der Waals surface area contributed by atoms with E-state index in [4.69, 9.17) is 0 Å². The molecule has 0 radical (unpaired) electrons. The first kappa shape index (κ1) is 16.9. The number of aryl methyl sites for hydroxylation is 2. The molecule has 4 rings (SSSR count). The van der Waals surface area contributed by atoms with Crippen molar-refractivity contribution in [2.45, 2.75) is 38.8 Å². The molecule has 0 N–H and O–H groups in total. The van der Waals surface area contributed by atoms with Crippen molar-refractivity contribution < 1.29 is 0 Å². The molecule has 0 atom stereocenters. The van der Waals surface area contributed by atoms with Gasteiger partial charge in [-0.15, -0.1) is 0 Å². The SMILES string of the molecule is O=c1cc2c(nn1CCN1CCN(Cc3cnsc3)CC1)CCCC2. The molecule has 1 fully saturated rings. The first-order chi connectivity index (χ1) is 12.3. The van der Waals surface area contributed by atoms with E-state index in [2.05, 4.69) is 24.7 Å². The van der Waals surface area contributed by atoms with Gasteiger partial charge in [-0.25, -0.2) is 9.06 Å². The zero-order valence-corrected chi connectivity index (χ0v) is 15.4. The van der Waals surface area contributed by atoms with E-state index in [1.165, 1.54) is 35.5 Å². The predicted molar refractivity (Wildman–Crippen MR) is 99.0 cm³/mol. The smallest absolute Gasteiger partial charge is 0.267 e. The molecule has 7 heteroatoms.